The van der Waals surface area contributed by atoms with Crippen LogP contribution in [0.5, 0.6) is 0 Å². The van der Waals surface area contributed by atoms with Crippen LogP contribution in [-0.4, -0.2) is 16.3 Å². The molecular weight excluding hydrogens is 124 g/mol. The number of thiol groups is 1. The van der Waals surface area contributed by atoms with Gasteiger partial charge < -0.3 is 5.11 Å². The molecule has 0 aromatic carbocycles. The highest BCUT2D eigenvalue weighted by molar-refractivity contribution is 7.81. The minimum absolute atomic E-state index is 0.0208. The van der Waals surface area contributed by atoms with E-state index in [-0.39, 0.29) is 11.7 Å². The molecule has 0 heterocycles. The van der Waals surface area contributed by atoms with E-state index in [2.05, 4.69) is 12.6 Å². The summed E-state index contributed by atoms with van der Waals surface area (Å²) in [6, 6.07) is 0. The molecule has 0 amide bonds. The van der Waals surface area contributed by atoms with Gasteiger partial charge in [-0.3, -0.25) is 4.79 Å². The van der Waals surface area contributed by atoms with Crippen LogP contribution in [0.25, 0.3) is 0 Å². The molecule has 1 atom stereocenters. The second-order valence-corrected chi connectivity index (χ2v) is 2.39. The first-order valence-electron chi connectivity index (χ1n) is 2.56. The van der Waals surface area contributed by atoms with Crippen LogP contribution in [0.15, 0.2) is 0 Å². The maximum atomic E-state index is 9.92. The zero-order valence-corrected chi connectivity index (χ0v) is 5.69. The van der Waals surface area contributed by atoms with Gasteiger partial charge in [-0.25, -0.2) is 0 Å². The molecule has 0 saturated carbocycles. The van der Waals surface area contributed by atoms with Gasteiger partial charge in [0, 0.05) is 5.25 Å². The third kappa shape index (κ3) is 3.99. The molecule has 0 aromatic heterocycles. The van der Waals surface area contributed by atoms with E-state index in [1.165, 1.54) is 0 Å². The molecule has 0 radical (unpaired) electrons. The Balaban J connectivity index is 3.24. The van der Waals surface area contributed by atoms with Crippen LogP contribution in [-0.2, 0) is 4.79 Å². The van der Waals surface area contributed by atoms with Crippen molar-refractivity contribution in [3.8, 4) is 0 Å². The van der Waals surface area contributed by atoms with Gasteiger partial charge >= 0.3 is 5.97 Å². The predicted octanol–water partition coefficient (Wildman–Crippen LogP) is 1.17. The van der Waals surface area contributed by atoms with E-state index in [1.54, 1.807) is 0 Å². The van der Waals surface area contributed by atoms with E-state index >= 15 is 0 Å². The summed E-state index contributed by atoms with van der Waals surface area (Å²) in [5.74, 6) is -0.771. The zero-order chi connectivity index (χ0) is 6.57. The van der Waals surface area contributed by atoms with Crippen molar-refractivity contribution in [3.05, 3.63) is 0 Å². The second-order valence-electron chi connectivity index (χ2n) is 1.66. The van der Waals surface area contributed by atoms with Crippen molar-refractivity contribution in [3.63, 3.8) is 0 Å². The number of carboxylic acids is 1. The lowest BCUT2D eigenvalue weighted by molar-refractivity contribution is -0.136. The molecule has 0 aliphatic rings. The Morgan fingerprint density at radius 3 is 2.50 bits per heavy atom. The van der Waals surface area contributed by atoms with Crippen LogP contribution in [0.4, 0.5) is 0 Å². The quantitative estimate of drug-likeness (QED) is 0.568. The monoisotopic (exact) mass is 134 g/mol. The minimum atomic E-state index is -0.771. The maximum absolute atomic E-state index is 9.92. The highest BCUT2D eigenvalue weighted by Gasteiger charge is 2.03. The van der Waals surface area contributed by atoms with Crippen molar-refractivity contribution in [2.24, 2.45) is 0 Å². The number of rotatable bonds is 3. The lowest BCUT2D eigenvalue weighted by atomic mass is 10.2. The number of carboxylic acid groups (broad SMARTS) is 1. The first kappa shape index (κ1) is 7.82. The Kier molecular flexibility index (Phi) is 3.69. The number of hydrogen-bond donors (Lipinski definition) is 2. The van der Waals surface area contributed by atoms with Gasteiger partial charge in [0.2, 0.25) is 0 Å². The predicted molar refractivity (Wildman–Crippen MR) is 35.3 cm³/mol. The molecule has 0 rings (SSSR count). The van der Waals surface area contributed by atoms with Crippen LogP contribution in [0.1, 0.15) is 19.8 Å². The third-order valence-electron chi connectivity index (χ3n) is 0.881. The fraction of sp³-hybridized carbons (Fsp3) is 0.800. The van der Waals surface area contributed by atoms with Gasteiger partial charge in [0.05, 0.1) is 6.42 Å². The van der Waals surface area contributed by atoms with Crippen molar-refractivity contribution in [2.45, 2.75) is 25.0 Å². The van der Waals surface area contributed by atoms with E-state index in [9.17, 15) is 4.79 Å². The van der Waals surface area contributed by atoms with Crippen molar-refractivity contribution in [2.75, 3.05) is 0 Å². The molecule has 48 valence electrons. The van der Waals surface area contributed by atoms with Crippen LogP contribution >= 0.6 is 12.6 Å². The van der Waals surface area contributed by atoms with Gasteiger partial charge in [-0.2, -0.15) is 12.6 Å². The number of hydrogen-bond acceptors (Lipinski definition) is 2. The summed E-state index contributed by atoms with van der Waals surface area (Å²) in [5.41, 5.74) is 0. The minimum Gasteiger partial charge on any atom is -0.481 e. The first-order chi connectivity index (χ1) is 3.66. The molecule has 0 saturated heterocycles. The molecule has 0 aliphatic carbocycles. The summed E-state index contributed by atoms with van der Waals surface area (Å²) in [6.07, 6.45) is 0.981. The highest BCUT2D eigenvalue weighted by atomic mass is 32.1. The Hall–Kier alpha value is -0.180. The van der Waals surface area contributed by atoms with Gasteiger partial charge in [0.15, 0.2) is 0 Å². The van der Waals surface area contributed by atoms with E-state index in [4.69, 9.17) is 5.11 Å². The van der Waals surface area contributed by atoms with Crippen LogP contribution in [0.3, 0.4) is 0 Å². The maximum Gasteiger partial charge on any atom is 0.304 e. The van der Waals surface area contributed by atoms with E-state index < -0.39 is 5.97 Å². The summed E-state index contributed by atoms with van der Waals surface area (Å²) < 4.78 is 0. The smallest absolute Gasteiger partial charge is 0.304 e. The van der Waals surface area contributed by atoms with Gasteiger partial charge in [-0.15, -0.1) is 0 Å². The van der Waals surface area contributed by atoms with Crippen LogP contribution < -0.4 is 0 Å². The summed E-state index contributed by atoms with van der Waals surface area (Å²) in [4.78, 5) is 9.92. The van der Waals surface area contributed by atoms with E-state index in [0.717, 1.165) is 6.42 Å². The average molecular weight is 134 g/mol. The van der Waals surface area contributed by atoms with Gasteiger partial charge in [-0.05, 0) is 6.42 Å². The Bertz CT molecular complexity index is 82.5. The standard InChI is InChI=1S/C5H10O2S/c1-2-4(8)3-5(6)7/h4,8H,2-3H2,1H3,(H,6,7). The molecule has 0 bridgehead atoms. The molecule has 8 heavy (non-hydrogen) atoms. The third-order valence-corrected chi connectivity index (χ3v) is 1.43. The van der Waals surface area contributed by atoms with Crippen molar-refractivity contribution < 1.29 is 9.90 Å². The van der Waals surface area contributed by atoms with Crippen molar-refractivity contribution in [1.29, 1.82) is 0 Å². The SMILES string of the molecule is CCC(S)CC(=O)O. The van der Waals surface area contributed by atoms with Gasteiger partial charge in [0.1, 0.15) is 0 Å². The molecule has 2 nitrogen and oxygen atoms in total. The first-order valence-corrected chi connectivity index (χ1v) is 3.08. The fourth-order valence-corrected chi connectivity index (χ4v) is 0.502. The molecule has 0 fully saturated rings. The van der Waals surface area contributed by atoms with Gasteiger partial charge in [-0.1, -0.05) is 6.92 Å². The summed E-state index contributed by atoms with van der Waals surface area (Å²) >= 11 is 3.99. The highest BCUT2D eigenvalue weighted by Crippen LogP contribution is 2.04. The summed E-state index contributed by atoms with van der Waals surface area (Å²) in [5, 5.41) is 8.19. The second kappa shape index (κ2) is 3.78. The zero-order valence-electron chi connectivity index (χ0n) is 4.79. The lowest BCUT2D eigenvalue weighted by Crippen LogP contribution is -2.04. The fourth-order valence-electron chi connectivity index (χ4n) is 0.346. The number of aliphatic carboxylic acids is 1. The topological polar surface area (TPSA) is 37.3 Å². The van der Waals surface area contributed by atoms with Crippen molar-refractivity contribution in [1.82, 2.24) is 0 Å². The van der Waals surface area contributed by atoms with Crippen molar-refractivity contribution >= 4 is 18.6 Å². The summed E-state index contributed by atoms with van der Waals surface area (Å²) in [6.45, 7) is 1.92. The molecule has 0 spiro atoms. The van der Waals surface area contributed by atoms with E-state index in [1.807, 2.05) is 6.92 Å². The van der Waals surface area contributed by atoms with Crippen LogP contribution in [0.2, 0.25) is 0 Å². The Labute approximate surface area is 54.3 Å². The normalized spacial score (nSPS) is 13.2. The molecule has 0 aromatic rings. The molecule has 1 N–H and O–H groups in total. The molecule has 0 aliphatic heterocycles. The Morgan fingerprint density at radius 1 is 1.88 bits per heavy atom. The van der Waals surface area contributed by atoms with Gasteiger partial charge in [0.25, 0.3) is 0 Å². The largest absolute Gasteiger partial charge is 0.481 e. The molecule has 1 unspecified atom stereocenters. The number of carbonyl (C=O) groups is 1. The summed E-state index contributed by atoms with van der Waals surface area (Å²) in [7, 11) is 0. The lowest BCUT2D eigenvalue weighted by Gasteiger charge is -1.99. The molecule has 3 heteroatoms. The Morgan fingerprint density at radius 2 is 2.38 bits per heavy atom. The van der Waals surface area contributed by atoms with Crippen LogP contribution in [0, 0.1) is 0 Å². The molecular formula is C5H10O2S. The van der Waals surface area contributed by atoms with E-state index in [0.29, 0.717) is 0 Å². The average Bonchev–Trinajstić information content (AvgIpc) is 1.65.